The van der Waals surface area contributed by atoms with Gasteiger partial charge in [-0.05, 0) is 37.1 Å². The standard InChI is InChI=1S/C18H14Cl3NO3/c1-10-8-11-4-2-3-5-14(11)22(10)15(23)9-25-18(24)16-12(19)6-7-13(20)17(16)21/h2-7,10H,8-9H2,1H3/t10-/m1/s1. The van der Waals surface area contributed by atoms with Gasteiger partial charge in [-0.1, -0.05) is 53.0 Å². The molecule has 2 aromatic rings. The molecule has 0 radical (unpaired) electrons. The molecule has 0 aliphatic carbocycles. The highest BCUT2D eigenvalue weighted by Gasteiger charge is 2.31. The second kappa shape index (κ2) is 7.24. The van der Waals surface area contributed by atoms with Gasteiger partial charge in [-0.3, -0.25) is 4.79 Å². The van der Waals surface area contributed by atoms with E-state index in [4.69, 9.17) is 39.5 Å². The number of hydrogen-bond acceptors (Lipinski definition) is 3. The van der Waals surface area contributed by atoms with Crippen LogP contribution in [0.25, 0.3) is 0 Å². The third-order valence-corrected chi connectivity index (χ3v) is 5.17. The molecule has 25 heavy (non-hydrogen) atoms. The second-order valence-electron chi connectivity index (χ2n) is 5.74. The van der Waals surface area contributed by atoms with E-state index in [1.54, 1.807) is 4.90 Å². The Morgan fingerprint density at radius 1 is 1.12 bits per heavy atom. The Morgan fingerprint density at radius 3 is 2.56 bits per heavy atom. The lowest BCUT2D eigenvalue weighted by atomic mass is 10.1. The maximum atomic E-state index is 12.5. The molecule has 1 aliphatic heterocycles. The third kappa shape index (κ3) is 3.47. The molecule has 1 amide bonds. The summed E-state index contributed by atoms with van der Waals surface area (Å²) in [5.41, 5.74) is 1.89. The first kappa shape index (κ1) is 18.1. The summed E-state index contributed by atoms with van der Waals surface area (Å²) in [5, 5.41) is 0.310. The van der Waals surface area contributed by atoms with Gasteiger partial charge < -0.3 is 9.64 Å². The van der Waals surface area contributed by atoms with Gasteiger partial charge in [0.2, 0.25) is 0 Å². The minimum atomic E-state index is -0.786. The fraction of sp³-hybridized carbons (Fsp3) is 0.222. The molecule has 0 fully saturated rings. The topological polar surface area (TPSA) is 46.6 Å². The normalized spacial score (nSPS) is 15.8. The molecule has 1 aliphatic rings. The Hall–Kier alpha value is -1.75. The minimum absolute atomic E-state index is 0.00180. The molecule has 130 valence electrons. The van der Waals surface area contributed by atoms with Crippen LogP contribution in [0.2, 0.25) is 15.1 Å². The van der Waals surface area contributed by atoms with Crippen molar-refractivity contribution in [3.8, 4) is 0 Å². The van der Waals surface area contributed by atoms with Crippen LogP contribution in [0.15, 0.2) is 36.4 Å². The molecule has 0 saturated carbocycles. The SMILES string of the molecule is C[C@@H]1Cc2ccccc2N1C(=O)COC(=O)c1c(Cl)ccc(Cl)c1Cl. The molecule has 0 saturated heterocycles. The first-order valence-corrected chi connectivity index (χ1v) is 8.74. The summed E-state index contributed by atoms with van der Waals surface area (Å²) in [5.74, 6) is -1.09. The van der Waals surface area contributed by atoms with Crippen molar-refractivity contribution in [2.45, 2.75) is 19.4 Å². The molecule has 0 N–H and O–H groups in total. The number of rotatable bonds is 3. The summed E-state index contributed by atoms with van der Waals surface area (Å²) in [6.07, 6.45) is 0.766. The molecule has 0 unspecified atom stereocenters. The summed E-state index contributed by atoms with van der Waals surface area (Å²) < 4.78 is 5.12. The van der Waals surface area contributed by atoms with Crippen molar-refractivity contribution >= 4 is 52.4 Å². The maximum Gasteiger partial charge on any atom is 0.341 e. The maximum absolute atomic E-state index is 12.5. The van der Waals surface area contributed by atoms with Crippen LogP contribution >= 0.6 is 34.8 Å². The van der Waals surface area contributed by atoms with E-state index in [9.17, 15) is 9.59 Å². The number of para-hydroxylation sites is 1. The summed E-state index contributed by atoms with van der Waals surface area (Å²) in [7, 11) is 0. The Kier molecular flexibility index (Phi) is 5.23. The van der Waals surface area contributed by atoms with Crippen molar-refractivity contribution in [1.82, 2.24) is 0 Å². The number of amides is 1. The van der Waals surface area contributed by atoms with Gasteiger partial charge in [-0.15, -0.1) is 0 Å². The Morgan fingerprint density at radius 2 is 1.80 bits per heavy atom. The van der Waals surface area contributed by atoms with Crippen molar-refractivity contribution in [1.29, 1.82) is 0 Å². The van der Waals surface area contributed by atoms with Gasteiger partial charge in [0, 0.05) is 11.7 Å². The molecule has 0 bridgehead atoms. The lowest BCUT2D eigenvalue weighted by Crippen LogP contribution is -2.38. The van der Waals surface area contributed by atoms with Crippen LogP contribution in [-0.4, -0.2) is 24.5 Å². The number of halogens is 3. The van der Waals surface area contributed by atoms with Gasteiger partial charge in [0.15, 0.2) is 6.61 Å². The predicted octanol–water partition coefficient (Wildman–Crippen LogP) is 4.78. The molecule has 2 aromatic carbocycles. The smallest absolute Gasteiger partial charge is 0.341 e. The summed E-state index contributed by atoms with van der Waals surface area (Å²) in [6.45, 7) is 1.54. The van der Waals surface area contributed by atoms with Crippen LogP contribution < -0.4 is 4.90 Å². The van der Waals surface area contributed by atoms with E-state index in [1.165, 1.54) is 12.1 Å². The fourth-order valence-electron chi connectivity index (χ4n) is 2.93. The first-order valence-electron chi connectivity index (χ1n) is 7.60. The van der Waals surface area contributed by atoms with E-state index in [0.717, 1.165) is 17.7 Å². The first-order chi connectivity index (χ1) is 11.9. The zero-order valence-electron chi connectivity index (χ0n) is 13.3. The number of carbonyl (C=O) groups is 2. The zero-order chi connectivity index (χ0) is 18.1. The van der Waals surface area contributed by atoms with Crippen molar-refractivity contribution in [3.63, 3.8) is 0 Å². The largest absolute Gasteiger partial charge is 0.452 e. The van der Waals surface area contributed by atoms with Gasteiger partial charge in [-0.25, -0.2) is 4.79 Å². The molecule has 0 aromatic heterocycles. The van der Waals surface area contributed by atoms with Gasteiger partial charge in [0.1, 0.15) is 0 Å². The average molecular weight is 399 g/mol. The van der Waals surface area contributed by atoms with Crippen LogP contribution in [-0.2, 0) is 16.0 Å². The van der Waals surface area contributed by atoms with Crippen LogP contribution in [0, 0.1) is 0 Å². The molecular weight excluding hydrogens is 385 g/mol. The van der Waals surface area contributed by atoms with Gasteiger partial charge >= 0.3 is 5.97 Å². The van der Waals surface area contributed by atoms with Gasteiger partial charge in [-0.2, -0.15) is 0 Å². The highest BCUT2D eigenvalue weighted by molar-refractivity contribution is 6.46. The Bertz CT molecular complexity index is 853. The summed E-state index contributed by atoms with van der Waals surface area (Å²) in [4.78, 5) is 26.5. The number of esters is 1. The molecule has 4 nitrogen and oxygen atoms in total. The van der Waals surface area contributed by atoms with Crippen LogP contribution in [0.1, 0.15) is 22.8 Å². The van der Waals surface area contributed by atoms with E-state index in [1.807, 2.05) is 31.2 Å². The minimum Gasteiger partial charge on any atom is -0.452 e. The lowest BCUT2D eigenvalue weighted by molar-refractivity contribution is -0.122. The van der Waals surface area contributed by atoms with Crippen molar-refractivity contribution in [2.75, 3.05) is 11.5 Å². The number of ether oxygens (including phenoxy) is 1. The van der Waals surface area contributed by atoms with E-state index in [0.29, 0.717) is 0 Å². The van der Waals surface area contributed by atoms with Crippen LogP contribution in [0.4, 0.5) is 5.69 Å². The molecule has 3 rings (SSSR count). The predicted molar refractivity (Wildman–Crippen MR) is 98.8 cm³/mol. The monoisotopic (exact) mass is 397 g/mol. The number of benzene rings is 2. The Balaban J connectivity index is 1.73. The lowest BCUT2D eigenvalue weighted by Gasteiger charge is -2.22. The molecule has 1 heterocycles. The number of anilines is 1. The highest BCUT2D eigenvalue weighted by atomic mass is 35.5. The quantitative estimate of drug-likeness (QED) is 0.552. The van der Waals surface area contributed by atoms with E-state index in [-0.39, 0.29) is 32.6 Å². The molecular formula is C18H14Cl3NO3. The number of hydrogen-bond donors (Lipinski definition) is 0. The third-order valence-electron chi connectivity index (χ3n) is 4.05. The second-order valence-corrected chi connectivity index (χ2v) is 6.93. The van der Waals surface area contributed by atoms with Crippen molar-refractivity contribution in [3.05, 3.63) is 62.6 Å². The zero-order valence-corrected chi connectivity index (χ0v) is 15.5. The van der Waals surface area contributed by atoms with E-state index in [2.05, 4.69) is 0 Å². The van der Waals surface area contributed by atoms with Crippen molar-refractivity contribution < 1.29 is 14.3 Å². The molecule has 7 heteroatoms. The van der Waals surface area contributed by atoms with Crippen LogP contribution in [0.5, 0.6) is 0 Å². The summed E-state index contributed by atoms with van der Waals surface area (Å²) >= 11 is 17.9. The van der Waals surface area contributed by atoms with Crippen molar-refractivity contribution in [2.24, 2.45) is 0 Å². The number of nitrogens with zero attached hydrogens (tertiary/aromatic N) is 1. The number of fused-ring (bicyclic) bond motifs is 1. The summed E-state index contributed by atoms with van der Waals surface area (Å²) in [6, 6.07) is 10.6. The number of carbonyl (C=O) groups excluding carboxylic acids is 2. The van der Waals surface area contributed by atoms with E-state index < -0.39 is 12.6 Å². The fourth-order valence-corrected chi connectivity index (χ4v) is 3.61. The van der Waals surface area contributed by atoms with E-state index >= 15 is 0 Å². The molecule has 0 spiro atoms. The average Bonchev–Trinajstić information content (AvgIpc) is 2.92. The Labute approximate surface area is 160 Å². The van der Waals surface area contributed by atoms with Gasteiger partial charge in [0.25, 0.3) is 5.91 Å². The highest BCUT2D eigenvalue weighted by Crippen LogP contribution is 2.33. The molecule has 1 atom stereocenters. The van der Waals surface area contributed by atoms with Gasteiger partial charge in [0.05, 0.1) is 20.6 Å². The van der Waals surface area contributed by atoms with Crippen LogP contribution in [0.3, 0.4) is 0 Å².